The third kappa shape index (κ3) is 4.12. The number of benzene rings is 1. The van der Waals surface area contributed by atoms with Crippen molar-refractivity contribution in [2.24, 2.45) is 0 Å². The summed E-state index contributed by atoms with van der Waals surface area (Å²) in [5.74, 6) is -0.206. The molecule has 0 amide bonds. The van der Waals surface area contributed by atoms with Gasteiger partial charge < -0.3 is 5.32 Å². The Morgan fingerprint density at radius 2 is 1.95 bits per heavy atom. The summed E-state index contributed by atoms with van der Waals surface area (Å²) in [5.41, 5.74) is 1.98. The second-order valence-corrected chi connectivity index (χ2v) is 6.16. The van der Waals surface area contributed by atoms with Crippen LogP contribution in [-0.4, -0.2) is 18.1 Å². The van der Waals surface area contributed by atoms with Crippen molar-refractivity contribution < 1.29 is 4.39 Å². The summed E-state index contributed by atoms with van der Waals surface area (Å²) in [6.45, 7) is 6.31. The van der Waals surface area contributed by atoms with Crippen LogP contribution in [-0.2, 0) is 6.42 Å². The van der Waals surface area contributed by atoms with Gasteiger partial charge in [-0.3, -0.25) is 0 Å². The van der Waals surface area contributed by atoms with Gasteiger partial charge in [0.2, 0.25) is 0 Å². The molecule has 0 fully saturated rings. The average Bonchev–Trinajstić information content (AvgIpc) is 2.81. The summed E-state index contributed by atoms with van der Waals surface area (Å²) < 4.78 is 13.0. The Balaban J connectivity index is 1.97. The molecule has 0 saturated heterocycles. The highest BCUT2D eigenvalue weighted by Crippen LogP contribution is 2.27. The minimum absolute atomic E-state index is 0.206. The zero-order valence-electron chi connectivity index (χ0n) is 12.1. The van der Waals surface area contributed by atoms with Crippen LogP contribution in [0, 0.1) is 12.7 Å². The van der Waals surface area contributed by atoms with Crippen LogP contribution in [0.4, 0.5) is 4.39 Å². The number of nitrogens with one attached hydrogen (secondary N) is 1. The van der Waals surface area contributed by atoms with Crippen LogP contribution in [0.25, 0.3) is 11.3 Å². The van der Waals surface area contributed by atoms with E-state index in [0.29, 0.717) is 0 Å². The maximum Gasteiger partial charge on any atom is 0.123 e. The smallest absolute Gasteiger partial charge is 0.123 e. The average molecular weight is 292 g/mol. The van der Waals surface area contributed by atoms with Crippen LogP contribution in [0.15, 0.2) is 24.3 Å². The summed E-state index contributed by atoms with van der Waals surface area (Å²) >= 11 is 1.73. The van der Waals surface area contributed by atoms with Gasteiger partial charge in [-0.15, -0.1) is 11.3 Å². The molecule has 0 atom stereocenters. The molecule has 0 aliphatic carbocycles. The van der Waals surface area contributed by atoms with Gasteiger partial charge in [0, 0.05) is 23.4 Å². The lowest BCUT2D eigenvalue weighted by Gasteiger charge is -2.01. The van der Waals surface area contributed by atoms with Gasteiger partial charge >= 0.3 is 0 Å². The highest BCUT2D eigenvalue weighted by Gasteiger charge is 2.09. The number of thiazole rings is 1. The molecule has 4 heteroatoms. The quantitative estimate of drug-likeness (QED) is 0.774. The van der Waals surface area contributed by atoms with E-state index in [0.717, 1.165) is 35.8 Å². The van der Waals surface area contributed by atoms with Gasteiger partial charge in [-0.1, -0.05) is 13.3 Å². The Bertz CT molecular complexity index is 534. The molecule has 0 radical (unpaired) electrons. The predicted octanol–water partition coefficient (Wildman–Crippen LogP) is 4.19. The first-order valence-corrected chi connectivity index (χ1v) is 7.95. The van der Waals surface area contributed by atoms with E-state index in [4.69, 9.17) is 0 Å². The third-order valence-electron chi connectivity index (χ3n) is 3.18. The molecule has 1 aromatic heterocycles. The lowest BCUT2D eigenvalue weighted by Crippen LogP contribution is -2.18. The number of hydrogen-bond acceptors (Lipinski definition) is 3. The van der Waals surface area contributed by atoms with E-state index in [1.54, 1.807) is 23.5 Å². The highest BCUT2D eigenvalue weighted by atomic mass is 32.1. The van der Waals surface area contributed by atoms with E-state index < -0.39 is 0 Å². The Kier molecular flexibility index (Phi) is 5.68. The van der Waals surface area contributed by atoms with Gasteiger partial charge in [0.1, 0.15) is 5.82 Å². The Hall–Kier alpha value is -1.26. The van der Waals surface area contributed by atoms with Gasteiger partial charge in [0.05, 0.1) is 10.7 Å². The molecule has 0 bridgehead atoms. The molecule has 0 aliphatic rings. The van der Waals surface area contributed by atoms with Crippen molar-refractivity contribution in [1.82, 2.24) is 10.3 Å². The monoisotopic (exact) mass is 292 g/mol. The predicted molar refractivity (Wildman–Crippen MR) is 83.7 cm³/mol. The standard InChI is InChI=1S/C16H21FN2S/c1-3-4-10-18-11-9-15-19-16(12(2)20-15)13-5-7-14(17)8-6-13/h5-8,18H,3-4,9-11H2,1-2H3. The normalized spacial score (nSPS) is 10.9. The maximum absolute atomic E-state index is 13.0. The first kappa shape index (κ1) is 15.1. The fraction of sp³-hybridized carbons (Fsp3) is 0.438. The molecule has 2 nitrogen and oxygen atoms in total. The molecule has 1 N–H and O–H groups in total. The van der Waals surface area contributed by atoms with Crippen LogP contribution < -0.4 is 5.32 Å². The summed E-state index contributed by atoms with van der Waals surface area (Å²) in [6.07, 6.45) is 3.40. The van der Waals surface area contributed by atoms with E-state index in [-0.39, 0.29) is 5.82 Å². The molecule has 108 valence electrons. The lowest BCUT2D eigenvalue weighted by molar-refractivity contribution is 0.628. The number of nitrogens with zero attached hydrogens (tertiary/aromatic N) is 1. The molecule has 20 heavy (non-hydrogen) atoms. The number of halogens is 1. The van der Waals surface area contributed by atoms with Gasteiger partial charge in [-0.05, 0) is 44.2 Å². The van der Waals surface area contributed by atoms with Crippen LogP contribution in [0.1, 0.15) is 29.7 Å². The SMILES string of the molecule is CCCCNCCc1nc(-c2ccc(F)cc2)c(C)s1. The maximum atomic E-state index is 13.0. The molecule has 2 aromatic rings. The Morgan fingerprint density at radius 3 is 2.65 bits per heavy atom. The Labute approximate surface area is 124 Å². The van der Waals surface area contributed by atoms with Gasteiger partial charge in [0.15, 0.2) is 0 Å². The Morgan fingerprint density at radius 1 is 1.20 bits per heavy atom. The topological polar surface area (TPSA) is 24.9 Å². The third-order valence-corrected chi connectivity index (χ3v) is 4.21. The number of aromatic nitrogens is 1. The minimum atomic E-state index is -0.206. The van der Waals surface area contributed by atoms with Gasteiger partial charge in [-0.25, -0.2) is 9.37 Å². The molecule has 0 saturated carbocycles. The van der Waals surface area contributed by atoms with E-state index in [2.05, 4.69) is 24.1 Å². The number of rotatable bonds is 7. The molecule has 0 spiro atoms. The molecular weight excluding hydrogens is 271 g/mol. The van der Waals surface area contributed by atoms with Crippen molar-refractivity contribution in [2.75, 3.05) is 13.1 Å². The summed E-state index contributed by atoms with van der Waals surface area (Å²) in [6, 6.07) is 6.56. The van der Waals surface area contributed by atoms with Crippen molar-refractivity contribution in [3.63, 3.8) is 0 Å². The molecule has 0 unspecified atom stereocenters. The van der Waals surface area contributed by atoms with E-state index in [1.807, 2.05) is 0 Å². The highest BCUT2D eigenvalue weighted by molar-refractivity contribution is 7.12. The zero-order chi connectivity index (χ0) is 14.4. The number of hydrogen-bond donors (Lipinski definition) is 1. The van der Waals surface area contributed by atoms with E-state index in [9.17, 15) is 4.39 Å². The minimum Gasteiger partial charge on any atom is -0.316 e. The fourth-order valence-corrected chi connectivity index (χ4v) is 3.01. The van der Waals surface area contributed by atoms with Crippen molar-refractivity contribution in [3.05, 3.63) is 40.0 Å². The van der Waals surface area contributed by atoms with Crippen LogP contribution in [0.3, 0.4) is 0 Å². The van der Waals surface area contributed by atoms with E-state index >= 15 is 0 Å². The summed E-state index contributed by atoms with van der Waals surface area (Å²) in [5, 5.41) is 4.57. The first-order chi connectivity index (χ1) is 9.70. The van der Waals surface area contributed by atoms with Gasteiger partial charge in [0.25, 0.3) is 0 Å². The summed E-state index contributed by atoms with van der Waals surface area (Å²) in [7, 11) is 0. The summed E-state index contributed by atoms with van der Waals surface area (Å²) in [4.78, 5) is 5.88. The number of aryl methyl sites for hydroxylation is 1. The van der Waals surface area contributed by atoms with Crippen molar-refractivity contribution in [2.45, 2.75) is 33.1 Å². The lowest BCUT2D eigenvalue weighted by atomic mass is 10.1. The first-order valence-electron chi connectivity index (χ1n) is 7.13. The van der Waals surface area contributed by atoms with Crippen molar-refractivity contribution >= 4 is 11.3 Å². The van der Waals surface area contributed by atoms with Crippen molar-refractivity contribution in [3.8, 4) is 11.3 Å². The molecular formula is C16H21FN2S. The van der Waals surface area contributed by atoms with Crippen LogP contribution in [0.2, 0.25) is 0 Å². The second kappa shape index (κ2) is 7.50. The van der Waals surface area contributed by atoms with Crippen LogP contribution in [0.5, 0.6) is 0 Å². The number of unbranched alkanes of at least 4 members (excludes halogenated alkanes) is 1. The molecule has 2 rings (SSSR count). The molecule has 1 aromatic carbocycles. The second-order valence-electron chi connectivity index (χ2n) is 4.87. The zero-order valence-corrected chi connectivity index (χ0v) is 12.9. The molecule has 0 aliphatic heterocycles. The van der Waals surface area contributed by atoms with Gasteiger partial charge in [-0.2, -0.15) is 0 Å². The van der Waals surface area contributed by atoms with E-state index in [1.165, 1.54) is 29.9 Å². The van der Waals surface area contributed by atoms with Crippen molar-refractivity contribution in [1.29, 1.82) is 0 Å². The fourth-order valence-electron chi connectivity index (χ4n) is 2.06. The molecule has 1 heterocycles. The largest absolute Gasteiger partial charge is 0.316 e. The van der Waals surface area contributed by atoms with Crippen LogP contribution >= 0.6 is 11.3 Å².